The zero-order chi connectivity index (χ0) is 11.5. The molecule has 1 aromatic heterocycles. The lowest BCUT2D eigenvalue weighted by Gasteiger charge is -2.12. The SMILES string of the molecule is CC[C@H](NC)C(=O)c1ccc2ccoc2c1. The number of likely N-dealkylation sites (N-methyl/N-ethyl adjacent to an activating group) is 1. The first-order valence-corrected chi connectivity index (χ1v) is 5.45. The Hall–Kier alpha value is -1.61. The van der Waals surface area contributed by atoms with E-state index in [1.54, 1.807) is 19.4 Å². The molecule has 1 heterocycles. The molecular weight excluding hydrogens is 202 g/mol. The molecule has 2 rings (SSSR count). The predicted octanol–water partition coefficient (Wildman–Crippen LogP) is 2.61. The van der Waals surface area contributed by atoms with Crippen LogP contribution in [-0.4, -0.2) is 18.9 Å². The van der Waals surface area contributed by atoms with Crippen LogP contribution in [0.15, 0.2) is 34.9 Å². The van der Waals surface area contributed by atoms with Gasteiger partial charge in [-0.05, 0) is 25.6 Å². The maximum Gasteiger partial charge on any atom is 0.179 e. The Kier molecular flexibility index (Phi) is 3.06. The van der Waals surface area contributed by atoms with Crippen LogP contribution in [0.5, 0.6) is 0 Å². The van der Waals surface area contributed by atoms with Crippen LogP contribution in [-0.2, 0) is 0 Å². The number of benzene rings is 1. The Morgan fingerprint density at radius 2 is 2.25 bits per heavy atom. The standard InChI is InChI=1S/C13H15NO2/c1-3-11(14-2)13(15)10-5-4-9-6-7-16-12(9)8-10/h4-8,11,14H,3H2,1-2H3/t11-/m0/s1. The monoisotopic (exact) mass is 217 g/mol. The van der Waals surface area contributed by atoms with Crippen molar-refractivity contribution in [3.05, 3.63) is 36.1 Å². The predicted molar refractivity (Wildman–Crippen MR) is 63.7 cm³/mol. The molecule has 3 nitrogen and oxygen atoms in total. The average Bonchev–Trinajstić information content (AvgIpc) is 2.77. The summed E-state index contributed by atoms with van der Waals surface area (Å²) < 4.78 is 5.28. The molecular formula is C13H15NO2. The first-order chi connectivity index (χ1) is 7.76. The summed E-state index contributed by atoms with van der Waals surface area (Å²) in [5, 5.41) is 4.03. The number of furan rings is 1. The van der Waals surface area contributed by atoms with E-state index in [0.29, 0.717) is 5.56 Å². The van der Waals surface area contributed by atoms with Crippen molar-refractivity contribution in [3.8, 4) is 0 Å². The van der Waals surface area contributed by atoms with Crippen LogP contribution in [0.2, 0.25) is 0 Å². The number of hydrogen-bond acceptors (Lipinski definition) is 3. The Balaban J connectivity index is 2.35. The van der Waals surface area contributed by atoms with E-state index in [0.717, 1.165) is 17.4 Å². The van der Waals surface area contributed by atoms with Crippen molar-refractivity contribution in [2.24, 2.45) is 0 Å². The third-order valence-corrected chi connectivity index (χ3v) is 2.81. The molecule has 0 aliphatic carbocycles. The fraction of sp³-hybridized carbons (Fsp3) is 0.308. The summed E-state index contributed by atoms with van der Waals surface area (Å²) in [5.41, 5.74) is 1.46. The molecule has 1 atom stereocenters. The topological polar surface area (TPSA) is 42.2 Å². The van der Waals surface area contributed by atoms with E-state index in [9.17, 15) is 4.79 Å². The number of hydrogen-bond donors (Lipinski definition) is 1. The van der Waals surface area contributed by atoms with E-state index < -0.39 is 0 Å². The van der Waals surface area contributed by atoms with Gasteiger partial charge >= 0.3 is 0 Å². The molecule has 0 saturated carbocycles. The van der Waals surface area contributed by atoms with Gasteiger partial charge in [0.05, 0.1) is 12.3 Å². The van der Waals surface area contributed by atoms with E-state index in [1.165, 1.54) is 0 Å². The molecule has 84 valence electrons. The second-order valence-corrected chi connectivity index (χ2v) is 3.79. The largest absolute Gasteiger partial charge is 0.464 e. The van der Waals surface area contributed by atoms with E-state index in [2.05, 4.69) is 5.32 Å². The Morgan fingerprint density at radius 3 is 2.94 bits per heavy atom. The lowest BCUT2D eigenvalue weighted by Crippen LogP contribution is -2.33. The zero-order valence-electron chi connectivity index (χ0n) is 9.49. The van der Waals surface area contributed by atoms with Crippen LogP contribution in [0.4, 0.5) is 0 Å². The third-order valence-electron chi connectivity index (χ3n) is 2.81. The zero-order valence-corrected chi connectivity index (χ0v) is 9.49. The quantitative estimate of drug-likeness (QED) is 0.800. The smallest absolute Gasteiger partial charge is 0.179 e. The van der Waals surface area contributed by atoms with Crippen molar-refractivity contribution in [2.75, 3.05) is 7.05 Å². The van der Waals surface area contributed by atoms with Crippen molar-refractivity contribution in [2.45, 2.75) is 19.4 Å². The maximum atomic E-state index is 12.1. The van der Waals surface area contributed by atoms with Crippen LogP contribution in [0, 0.1) is 0 Å². The minimum absolute atomic E-state index is 0.114. The van der Waals surface area contributed by atoms with Crippen molar-refractivity contribution in [3.63, 3.8) is 0 Å². The van der Waals surface area contributed by atoms with Crippen LogP contribution >= 0.6 is 0 Å². The summed E-state index contributed by atoms with van der Waals surface area (Å²) in [4.78, 5) is 12.1. The second-order valence-electron chi connectivity index (χ2n) is 3.79. The summed E-state index contributed by atoms with van der Waals surface area (Å²) in [6, 6.07) is 7.33. The number of fused-ring (bicyclic) bond motifs is 1. The molecule has 0 unspecified atom stereocenters. The molecule has 0 spiro atoms. The lowest BCUT2D eigenvalue weighted by molar-refractivity contribution is 0.0945. The molecule has 0 fully saturated rings. The number of rotatable bonds is 4. The van der Waals surface area contributed by atoms with Gasteiger partial charge in [-0.15, -0.1) is 0 Å². The highest BCUT2D eigenvalue weighted by Crippen LogP contribution is 2.18. The molecule has 2 aromatic rings. The molecule has 1 aromatic carbocycles. The van der Waals surface area contributed by atoms with E-state index in [1.807, 2.05) is 25.1 Å². The summed E-state index contributed by atoms with van der Waals surface area (Å²) in [7, 11) is 1.80. The number of Topliss-reactive ketones (excluding diaryl/α,β-unsaturated/α-hetero) is 1. The number of carbonyl (C=O) groups excluding carboxylic acids is 1. The number of nitrogens with one attached hydrogen (secondary N) is 1. The minimum atomic E-state index is -0.118. The third kappa shape index (κ3) is 1.86. The summed E-state index contributed by atoms with van der Waals surface area (Å²) in [5.74, 6) is 0.114. The molecule has 1 N–H and O–H groups in total. The first-order valence-electron chi connectivity index (χ1n) is 5.45. The van der Waals surface area contributed by atoms with Crippen LogP contribution in [0.1, 0.15) is 23.7 Å². The van der Waals surface area contributed by atoms with Gasteiger partial charge in [0.2, 0.25) is 0 Å². The molecule has 0 bridgehead atoms. The van der Waals surface area contributed by atoms with Gasteiger partial charge in [0.25, 0.3) is 0 Å². The highest BCUT2D eigenvalue weighted by Gasteiger charge is 2.16. The summed E-state index contributed by atoms with van der Waals surface area (Å²) >= 11 is 0. The van der Waals surface area contributed by atoms with Crippen molar-refractivity contribution in [1.29, 1.82) is 0 Å². The van der Waals surface area contributed by atoms with Crippen molar-refractivity contribution in [1.82, 2.24) is 5.32 Å². The lowest BCUT2D eigenvalue weighted by atomic mass is 10.0. The molecule has 0 amide bonds. The van der Waals surface area contributed by atoms with Gasteiger partial charge in [-0.1, -0.05) is 19.1 Å². The van der Waals surface area contributed by atoms with Gasteiger partial charge in [0.1, 0.15) is 5.58 Å². The molecule has 0 aliphatic rings. The van der Waals surface area contributed by atoms with Crippen LogP contribution < -0.4 is 5.32 Å². The highest BCUT2D eigenvalue weighted by atomic mass is 16.3. The van der Waals surface area contributed by atoms with Gasteiger partial charge in [0, 0.05) is 10.9 Å². The fourth-order valence-electron chi connectivity index (χ4n) is 1.83. The maximum absolute atomic E-state index is 12.1. The van der Waals surface area contributed by atoms with Crippen LogP contribution in [0.25, 0.3) is 11.0 Å². The fourth-order valence-corrected chi connectivity index (χ4v) is 1.83. The van der Waals surface area contributed by atoms with Crippen LogP contribution in [0.3, 0.4) is 0 Å². The second kappa shape index (κ2) is 4.49. The normalized spacial score (nSPS) is 12.9. The van der Waals surface area contributed by atoms with Crippen molar-refractivity contribution >= 4 is 16.8 Å². The Labute approximate surface area is 94.4 Å². The van der Waals surface area contributed by atoms with E-state index in [-0.39, 0.29) is 11.8 Å². The number of carbonyl (C=O) groups is 1. The molecule has 16 heavy (non-hydrogen) atoms. The molecule has 0 radical (unpaired) electrons. The van der Waals surface area contributed by atoms with Gasteiger partial charge in [-0.2, -0.15) is 0 Å². The van der Waals surface area contributed by atoms with Gasteiger partial charge in [0.15, 0.2) is 5.78 Å². The summed E-state index contributed by atoms with van der Waals surface area (Å²) in [6.45, 7) is 1.99. The number of ketones is 1. The molecule has 0 aliphatic heterocycles. The van der Waals surface area contributed by atoms with Crippen molar-refractivity contribution < 1.29 is 9.21 Å². The first kappa shape index (κ1) is 10.9. The van der Waals surface area contributed by atoms with E-state index >= 15 is 0 Å². The van der Waals surface area contributed by atoms with E-state index in [4.69, 9.17) is 4.42 Å². The van der Waals surface area contributed by atoms with Gasteiger partial charge in [-0.3, -0.25) is 4.79 Å². The highest BCUT2D eigenvalue weighted by molar-refractivity contribution is 6.02. The average molecular weight is 217 g/mol. The summed E-state index contributed by atoms with van der Waals surface area (Å²) in [6.07, 6.45) is 2.42. The van der Waals surface area contributed by atoms with Gasteiger partial charge < -0.3 is 9.73 Å². The molecule has 0 saturated heterocycles. The van der Waals surface area contributed by atoms with Gasteiger partial charge in [-0.25, -0.2) is 0 Å². The minimum Gasteiger partial charge on any atom is -0.464 e. The Morgan fingerprint density at radius 1 is 1.44 bits per heavy atom. The molecule has 3 heteroatoms. The Bertz CT molecular complexity index is 497.